The van der Waals surface area contributed by atoms with E-state index in [1.165, 1.54) is 18.3 Å². The van der Waals surface area contributed by atoms with E-state index < -0.39 is 11.6 Å². The minimum atomic E-state index is -0.761. The fourth-order valence-corrected chi connectivity index (χ4v) is 1.38. The van der Waals surface area contributed by atoms with E-state index >= 15 is 0 Å². The van der Waals surface area contributed by atoms with E-state index in [9.17, 15) is 9.18 Å². The minimum Gasteiger partial charge on any atom is -0.505 e. The molecule has 0 amide bonds. The smallest absolute Gasteiger partial charge is 0.265 e. The Labute approximate surface area is 97.9 Å². The largest absolute Gasteiger partial charge is 0.505 e. The lowest BCUT2D eigenvalue weighted by molar-refractivity contribution is 0.432. The van der Waals surface area contributed by atoms with Gasteiger partial charge in [-0.25, -0.2) is 9.37 Å². The van der Waals surface area contributed by atoms with Gasteiger partial charge in [0.2, 0.25) is 0 Å². The Bertz CT molecular complexity index is 598. The van der Waals surface area contributed by atoms with Crippen molar-refractivity contribution in [3.05, 3.63) is 45.0 Å². The molecule has 6 heteroatoms. The molecule has 1 aromatic heterocycles. The van der Waals surface area contributed by atoms with Gasteiger partial charge in [0, 0.05) is 11.8 Å². The van der Waals surface area contributed by atoms with Crippen molar-refractivity contribution in [1.82, 2.24) is 9.97 Å². The van der Waals surface area contributed by atoms with Crippen molar-refractivity contribution in [2.24, 2.45) is 0 Å². The standard InChI is InChI=1S/C10H6BrFN2O2/c11-6-4-13-9(14-10(6)16)5-1-2-8(15)7(12)3-5/h1-4,15H,(H,13,14,16). The number of benzene rings is 1. The Morgan fingerprint density at radius 3 is 2.81 bits per heavy atom. The second kappa shape index (κ2) is 4.05. The van der Waals surface area contributed by atoms with Crippen molar-refractivity contribution < 1.29 is 9.50 Å². The van der Waals surface area contributed by atoms with Gasteiger partial charge in [-0.05, 0) is 34.1 Å². The van der Waals surface area contributed by atoms with E-state index in [0.717, 1.165) is 6.07 Å². The molecule has 2 N–H and O–H groups in total. The number of rotatable bonds is 1. The van der Waals surface area contributed by atoms with Crippen LogP contribution in [-0.4, -0.2) is 15.1 Å². The molecule has 82 valence electrons. The molecule has 1 aromatic carbocycles. The van der Waals surface area contributed by atoms with Crippen LogP contribution in [0.1, 0.15) is 0 Å². The van der Waals surface area contributed by atoms with Crippen LogP contribution < -0.4 is 5.56 Å². The third-order valence-corrected chi connectivity index (χ3v) is 2.54. The first-order valence-electron chi connectivity index (χ1n) is 4.31. The lowest BCUT2D eigenvalue weighted by Gasteiger charge is -2.01. The maximum Gasteiger partial charge on any atom is 0.265 e. The second-order valence-electron chi connectivity index (χ2n) is 3.08. The number of aromatic hydroxyl groups is 1. The van der Waals surface area contributed by atoms with Gasteiger partial charge in [0.15, 0.2) is 11.6 Å². The zero-order chi connectivity index (χ0) is 11.7. The Hall–Kier alpha value is -1.69. The highest BCUT2D eigenvalue weighted by Gasteiger charge is 2.06. The normalized spacial score (nSPS) is 10.4. The Morgan fingerprint density at radius 2 is 2.19 bits per heavy atom. The lowest BCUT2D eigenvalue weighted by atomic mass is 10.2. The van der Waals surface area contributed by atoms with E-state index in [2.05, 4.69) is 25.9 Å². The summed E-state index contributed by atoms with van der Waals surface area (Å²) in [4.78, 5) is 17.7. The van der Waals surface area contributed by atoms with Gasteiger partial charge < -0.3 is 10.1 Å². The second-order valence-corrected chi connectivity index (χ2v) is 3.93. The number of nitrogens with zero attached hydrogens (tertiary/aromatic N) is 1. The van der Waals surface area contributed by atoms with Crippen LogP contribution in [0.5, 0.6) is 5.75 Å². The van der Waals surface area contributed by atoms with Gasteiger partial charge >= 0.3 is 0 Å². The summed E-state index contributed by atoms with van der Waals surface area (Å²) in [5.74, 6) is -0.960. The molecule has 0 aliphatic carbocycles. The number of phenols is 1. The number of phenolic OH excluding ortho intramolecular Hbond substituents is 1. The topological polar surface area (TPSA) is 66.0 Å². The molecule has 0 fully saturated rings. The molecule has 0 aliphatic rings. The van der Waals surface area contributed by atoms with E-state index in [4.69, 9.17) is 5.11 Å². The first-order chi connectivity index (χ1) is 7.58. The van der Waals surface area contributed by atoms with Gasteiger partial charge in [-0.2, -0.15) is 0 Å². The van der Waals surface area contributed by atoms with Gasteiger partial charge in [-0.15, -0.1) is 0 Å². The molecule has 0 saturated carbocycles. The number of aromatic nitrogens is 2. The number of hydrogen-bond donors (Lipinski definition) is 2. The predicted molar refractivity (Wildman–Crippen MR) is 59.6 cm³/mol. The minimum absolute atomic E-state index is 0.243. The summed E-state index contributed by atoms with van der Waals surface area (Å²) in [5.41, 5.74) is 0.0402. The van der Waals surface area contributed by atoms with Crippen molar-refractivity contribution in [3.63, 3.8) is 0 Å². The van der Waals surface area contributed by atoms with Crippen LogP contribution in [0.3, 0.4) is 0 Å². The first kappa shape index (κ1) is 10.8. The number of aromatic amines is 1. The maximum absolute atomic E-state index is 13.1. The van der Waals surface area contributed by atoms with Gasteiger partial charge in [-0.3, -0.25) is 4.79 Å². The summed E-state index contributed by atoms with van der Waals surface area (Å²) in [6.45, 7) is 0. The van der Waals surface area contributed by atoms with Crippen LogP contribution in [0.15, 0.2) is 33.7 Å². The highest BCUT2D eigenvalue weighted by Crippen LogP contribution is 2.21. The van der Waals surface area contributed by atoms with Crippen LogP contribution in [0, 0.1) is 5.82 Å². The summed E-state index contributed by atoms with van der Waals surface area (Å²) >= 11 is 3.01. The quantitative estimate of drug-likeness (QED) is 0.842. The van der Waals surface area contributed by atoms with Crippen LogP contribution in [0.25, 0.3) is 11.4 Å². The van der Waals surface area contributed by atoms with Crippen molar-refractivity contribution in [3.8, 4) is 17.1 Å². The molecule has 0 aliphatic heterocycles. The van der Waals surface area contributed by atoms with Gasteiger partial charge in [-0.1, -0.05) is 0 Å². The number of H-pyrrole nitrogens is 1. The van der Waals surface area contributed by atoms with E-state index in [-0.39, 0.29) is 11.4 Å². The zero-order valence-corrected chi connectivity index (χ0v) is 9.45. The molecule has 0 spiro atoms. The van der Waals surface area contributed by atoms with Crippen molar-refractivity contribution >= 4 is 15.9 Å². The average molecular weight is 285 g/mol. The number of nitrogens with one attached hydrogen (secondary N) is 1. The molecular formula is C10H6BrFN2O2. The molecule has 1 heterocycles. The summed E-state index contributed by atoms with van der Waals surface area (Å²) in [6.07, 6.45) is 1.33. The van der Waals surface area contributed by atoms with Crippen LogP contribution in [-0.2, 0) is 0 Å². The monoisotopic (exact) mass is 284 g/mol. The third kappa shape index (κ3) is 1.96. The van der Waals surface area contributed by atoms with E-state index in [0.29, 0.717) is 10.0 Å². The Morgan fingerprint density at radius 1 is 1.44 bits per heavy atom. The molecule has 4 nitrogen and oxygen atoms in total. The Balaban J connectivity index is 2.55. The molecule has 0 atom stereocenters. The first-order valence-corrected chi connectivity index (χ1v) is 5.11. The van der Waals surface area contributed by atoms with Crippen molar-refractivity contribution in [2.45, 2.75) is 0 Å². The SMILES string of the molecule is O=c1[nH]c(-c2ccc(O)c(F)c2)ncc1Br. The van der Waals surface area contributed by atoms with E-state index in [1.54, 1.807) is 0 Å². The Kier molecular flexibility index (Phi) is 2.74. The fourth-order valence-electron chi connectivity index (χ4n) is 1.18. The maximum atomic E-state index is 13.1. The number of halogens is 2. The molecule has 2 rings (SSSR count). The van der Waals surface area contributed by atoms with E-state index in [1.807, 2.05) is 0 Å². The van der Waals surface area contributed by atoms with Gasteiger partial charge in [0.05, 0.1) is 0 Å². The molecule has 0 saturated heterocycles. The highest BCUT2D eigenvalue weighted by molar-refractivity contribution is 9.10. The fraction of sp³-hybridized carbons (Fsp3) is 0. The lowest BCUT2D eigenvalue weighted by Crippen LogP contribution is -2.08. The van der Waals surface area contributed by atoms with Gasteiger partial charge in [0.25, 0.3) is 5.56 Å². The van der Waals surface area contributed by atoms with Crippen LogP contribution in [0.4, 0.5) is 4.39 Å². The predicted octanol–water partition coefficient (Wildman–Crippen LogP) is 2.04. The van der Waals surface area contributed by atoms with Gasteiger partial charge in [0.1, 0.15) is 10.3 Å². The summed E-state index contributed by atoms with van der Waals surface area (Å²) in [5, 5.41) is 9.01. The number of hydrogen-bond acceptors (Lipinski definition) is 3. The molecule has 0 bridgehead atoms. The molecule has 0 unspecified atom stereocenters. The summed E-state index contributed by atoms with van der Waals surface area (Å²) < 4.78 is 13.4. The van der Waals surface area contributed by atoms with Crippen LogP contribution in [0.2, 0.25) is 0 Å². The average Bonchev–Trinajstić information content (AvgIpc) is 2.26. The van der Waals surface area contributed by atoms with Crippen LogP contribution >= 0.6 is 15.9 Å². The third-order valence-electron chi connectivity index (χ3n) is 1.98. The molecule has 0 radical (unpaired) electrons. The zero-order valence-electron chi connectivity index (χ0n) is 7.87. The molecule has 16 heavy (non-hydrogen) atoms. The van der Waals surface area contributed by atoms with Crippen molar-refractivity contribution in [1.29, 1.82) is 0 Å². The van der Waals surface area contributed by atoms with Crippen molar-refractivity contribution in [2.75, 3.05) is 0 Å². The summed E-state index contributed by atoms with van der Waals surface area (Å²) in [6, 6.07) is 3.76. The molecular weight excluding hydrogens is 279 g/mol. The molecule has 2 aromatic rings. The summed E-state index contributed by atoms with van der Waals surface area (Å²) in [7, 11) is 0. The highest BCUT2D eigenvalue weighted by atomic mass is 79.9.